The van der Waals surface area contributed by atoms with Crippen molar-refractivity contribution in [3.63, 3.8) is 0 Å². The summed E-state index contributed by atoms with van der Waals surface area (Å²) < 4.78 is 0. The Labute approximate surface area is 112 Å². The number of aliphatic hydroxyl groups is 2. The summed E-state index contributed by atoms with van der Waals surface area (Å²) in [5.74, 6) is 0. The van der Waals surface area contributed by atoms with E-state index in [1.54, 1.807) is 0 Å². The lowest BCUT2D eigenvalue weighted by Crippen LogP contribution is -2.12. The Hall–Kier alpha value is -2.59. The predicted molar refractivity (Wildman–Crippen MR) is 69.6 cm³/mol. The number of anilines is 1. The van der Waals surface area contributed by atoms with Crippen molar-refractivity contribution in [2.24, 2.45) is 5.10 Å². The van der Waals surface area contributed by atoms with Gasteiger partial charge in [0, 0.05) is 18.7 Å². The van der Waals surface area contributed by atoms with Crippen molar-refractivity contribution in [2.75, 3.05) is 12.0 Å². The molecule has 1 unspecified atom stereocenters. The number of nitrogens with zero attached hydrogens (tertiary/aromatic N) is 3. The van der Waals surface area contributed by atoms with Crippen molar-refractivity contribution in [3.8, 4) is 0 Å². The second kappa shape index (κ2) is 7.11. The zero-order chi connectivity index (χ0) is 15.1. The molecule has 0 amide bonds. The molecule has 0 fully saturated rings. The van der Waals surface area contributed by atoms with Crippen molar-refractivity contribution in [2.45, 2.75) is 12.5 Å². The van der Waals surface area contributed by atoms with E-state index in [2.05, 4.69) is 10.5 Å². The molecule has 1 aromatic carbocycles. The van der Waals surface area contributed by atoms with E-state index in [0.29, 0.717) is 0 Å². The third-order valence-corrected chi connectivity index (χ3v) is 2.25. The largest absolute Gasteiger partial charge is 0.394 e. The van der Waals surface area contributed by atoms with Crippen LogP contribution in [0, 0.1) is 20.2 Å². The van der Waals surface area contributed by atoms with Gasteiger partial charge in [-0.1, -0.05) is 0 Å². The van der Waals surface area contributed by atoms with Gasteiger partial charge in [0.05, 0.1) is 28.6 Å². The molecule has 0 saturated carbocycles. The smallest absolute Gasteiger partial charge is 0.301 e. The van der Waals surface area contributed by atoms with Crippen LogP contribution in [0.2, 0.25) is 0 Å². The zero-order valence-electron chi connectivity index (χ0n) is 10.2. The van der Waals surface area contributed by atoms with Gasteiger partial charge in [-0.3, -0.25) is 25.7 Å². The number of benzene rings is 1. The van der Waals surface area contributed by atoms with Crippen LogP contribution in [0.3, 0.4) is 0 Å². The molecule has 108 valence electrons. The Balaban J connectivity index is 2.84. The molecule has 1 rings (SSSR count). The Morgan fingerprint density at radius 2 is 2.05 bits per heavy atom. The van der Waals surface area contributed by atoms with Gasteiger partial charge in [-0.2, -0.15) is 5.10 Å². The number of aliphatic hydroxyl groups excluding tert-OH is 2. The van der Waals surface area contributed by atoms with E-state index in [0.717, 1.165) is 18.2 Å². The summed E-state index contributed by atoms with van der Waals surface area (Å²) in [5, 5.41) is 42.6. The molecular formula is C10H12N4O6. The molecule has 0 spiro atoms. The average Bonchev–Trinajstić information content (AvgIpc) is 2.42. The monoisotopic (exact) mass is 284 g/mol. The molecule has 0 radical (unpaired) electrons. The molecular weight excluding hydrogens is 272 g/mol. The van der Waals surface area contributed by atoms with Gasteiger partial charge in [-0.25, -0.2) is 0 Å². The molecule has 0 aliphatic carbocycles. The predicted octanol–water partition coefficient (Wildman–Crippen LogP) is 0.644. The van der Waals surface area contributed by atoms with Crippen molar-refractivity contribution < 1.29 is 20.1 Å². The number of nitro benzene ring substituents is 2. The van der Waals surface area contributed by atoms with Crippen LogP contribution in [-0.2, 0) is 0 Å². The van der Waals surface area contributed by atoms with Crippen molar-refractivity contribution >= 4 is 23.3 Å². The van der Waals surface area contributed by atoms with Crippen LogP contribution >= 0.6 is 0 Å². The minimum atomic E-state index is -0.965. The van der Waals surface area contributed by atoms with Gasteiger partial charge in [0.15, 0.2) is 0 Å². The molecule has 3 N–H and O–H groups in total. The minimum Gasteiger partial charge on any atom is -0.394 e. The highest BCUT2D eigenvalue weighted by Gasteiger charge is 2.18. The van der Waals surface area contributed by atoms with Crippen LogP contribution in [0.5, 0.6) is 0 Å². The third-order valence-electron chi connectivity index (χ3n) is 2.25. The molecule has 0 aliphatic rings. The molecule has 0 aliphatic heterocycles. The topological polar surface area (TPSA) is 151 Å². The van der Waals surface area contributed by atoms with Gasteiger partial charge >= 0.3 is 5.69 Å². The van der Waals surface area contributed by atoms with Gasteiger partial charge in [0.25, 0.3) is 5.69 Å². The third kappa shape index (κ3) is 4.26. The number of non-ortho nitro benzene ring substituents is 1. The van der Waals surface area contributed by atoms with Gasteiger partial charge in [0.1, 0.15) is 5.69 Å². The number of hydrogen-bond donors (Lipinski definition) is 3. The molecule has 0 bridgehead atoms. The van der Waals surface area contributed by atoms with Crippen LogP contribution in [-0.4, -0.2) is 39.0 Å². The number of hydrogen-bond acceptors (Lipinski definition) is 8. The van der Waals surface area contributed by atoms with Gasteiger partial charge in [-0.05, 0) is 6.07 Å². The summed E-state index contributed by atoms with van der Waals surface area (Å²) in [6.45, 7) is -0.427. The van der Waals surface area contributed by atoms with Crippen LogP contribution in [0.1, 0.15) is 6.42 Å². The molecule has 10 heteroatoms. The first-order chi connectivity index (χ1) is 9.45. The maximum atomic E-state index is 10.8. The second-order valence-electron chi connectivity index (χ2n) is 3.71. The van der Waals surface area contributed by atoms with E-state index in [-0.39, 0.29) is 12.1 Å². The van der Waals surface area contributed by atoms with Gasteiger partial charge in [-0.15, -0.1) is 0 Å². The highest BCUT2D eigenvalue weighted by atomic mass is 16.6. The molecule has 1 aromatic rings. The number of nitro groups is 2. The van der Waals surface area contributed by atoms with E-state index >= 15 is 0 Å². The van der Waals surface area contributed by atoms with Crippen LogP contribution < -0.4 is 5.43 Å². The van der Waals surface area contributed by atoms with Gasteiger partial charge in [0.2, 0.25) is 0 Å². The Morgan fingerprint density at radius 3 is 2.60 bits per heavy atom. The number of rotatable bonds is 7. The molecule has 0 aromatic heterocycles. The average molecular weight is 284 g/mol. The summed E-state index contributed by atoms with van der Waals surface area (Å²) in [6.07, 6.45) is 0.323. The normalized spacial score (nSPS) is 12.3. The summed E-state index contributed by atoms with van der Waals surface area (Å²) >= 11 is 0. The maximum Gasteiger partial charge on any atom is 0.301 e. The lowest BCUT2D eigenvalue weighted by molar-refractivity contribution is -0.393. The Bertz CT molecular complexity index is 532. The lowest BCUT2D eigenvalue weighted by atomic mass is 10.2. The summed E-state index contributed by atoms with van der Waals surface area (Å²) in [7, 11) is 0. The quantitative estimate of drug-likeness (QED) is 0.377. The minimum absolute atomic E-state index is 0.0182. The van der Waals surface area contributed by atoms with Gasteiger partial charge < -0.3 is 10.2 Å². The van der Waals surface area contributed by atoms with Crippen LogP contribution in [0.15, 0.2) is 23.3 Å². The molecule has 10 nitrogen and oxygen atoms in total. The number of nitrogens with one attached hydrogen (secondary N) is 1. The first kappa shape index (κ1) is 15.5. The molecule has 1 atom stereocenters. The summed E-state index contributed by atoms with van der Waals surface area (Å²) in [6, 6.07) is 3.09. The lowest BCUT2D eigenvalue weighted by Gasteiger charge is -2.03. The summed E-state index contributed by atoms with van der Waals surface area (Å²) in [5.41, 5.74) is 1.45. The molecule has 20 heavy (non-hydrogen) atoms. The standard InChI is InChI=1S/C10H12N4O6/c15-6-8(16)3-4-11-12-9-2-1-7(13(17)18)5-10(9)14(19)20/h1-2,4-5,8,12,15-16H,3,6H2/b11-4+. The van der Waals surface area contributed by atoms with E-state index < -0.39 is 33.9 Å². The first-order valence-corrected chi connectivity index (χ1v) is 5.45. The Kier molecular flexibility index (Phi) is 5.50. The van der Waals surface area contributed by atoms with E-state index in [9.17, 15) is 20.2 Å². The van der Waals surface area contributed by atoms with Crippen LogP contribution in [0.25, 0.3) is 0 Å². The molecule has 0 saturated heterocycles. The van der Waals surface area contributed by atoms with E-state index in [4.69, 9.17) is 10.2 Å². The van der Waals surface area contributed by atoms with Crippen molar-refractivity contribution in [1.29, 1.82) is 0 Å². The van der Waals surface area contributed by atoms with Crippen LogP contribution in [0.4, 0.5) is 17.1 Å². The number of hydrazone groups is 1. The van der Waals surface area contributed by atoms with Crippen molar-refractivity contribution in [3.05, 3.63) is 38.4 Å². The summed E-state index contributed by atoms with van der Waals surface area (Å²) in [4.78, 5) is 19.8. The fourth-order valence-corrected chi connectivity index (χ4v) is 1.24. The fourth-order valence-electron chi connectivity index (χ4n) is 1.24. The first-order valence-electron chi connectivity index (χ1n) is 5.45. The highest BCUT2D eigenvalue weighted by Crippen LogP contribution is 2.28. The second-order valence-corrected chi connectivity index (χ2v) is 3.71. The maximum absolute atomic E-state index is 10.8. The highest BCUT2D eigenvalue weighted by molar-refractivity contribution is 5.67. The van der Waals surface area contributed by atoms with E-state index in [1.807, 2.05) is 0 Å². The fraction of sp³-hybridized carbons (Fsp3) is 0.300. The van der Waals surface area contributed by atoms with E-state index in [1.165, 1.54) is 6.21 Å². The Morgan fingerprint density at radius 1 is 1.35 bits per heavy atom. The molecule has 0 heterocycles. The SMILES string of the molecule is O=[N+]([O-])c1ccc(N/N=C/CC(O)CO)c([N+](=O)[O-])c1. The van der Waals surface area contributed by atoms with Crippen molar-refractivity contribution in [1.82, 2.24) is 0 Å². The zero-order valence-corrected chi connectivity index (χ0v) is 10.2.